The topological polar surface area (TPSA) is 61.8 Å². The molecule has 5 nitrogen and oxygen atoms in total. The third-order valence-electron chi connectivity index (χ3n) is 3.24. The Balaban J connectivity index is 1.83. The molecule has 0 radical (unpaired) electrons. The van der Waals surface area contributed by atoms with E-state index in [1.165, 1.54) is 0 Å². The van der Waals surface area contributed by atoms with Gasteiger partial charge in [-0.1, -0.05) is 30.3 Å². The Morgan fingerprint density at radius 3 is 2.63 bits per heavy atom. The first kappa shape index (κ1) is 14.0. The molecule has 104 valence electrons. The van der Waals surface area contributed by atoms with E-state index >= 15 is 0 Å². The van der Waals surface area contributed by atoms with E-state index in [1.54, 1.807) is 0 Å². The normalized spacial score (nSPS) is 18.1. The number of carboxylic acid groups (broad SMARTS) is 1. The SMILES string of the molecule is O=C(O)C(CN1CCOCC1)NCc1ccccc1. The van der Waals surface area contributed by atoms with Crippen molar-refractivity contribution in [3.63, 3.8) is 0 Å². The lowest BCUT2D eigenvalue weighted by atomic mass is 10.2. The first-order valence-corrected chi connectivity index (χ1v) is 6.56. The number of hydrogen-bond donors (Lipinski definition) is 2. The number of nitrogens with one attached hydrogen (secondary N) is 1. The minimum atomic E-state index is -0.803. The van der Waals surface area contributed by atoms with Crippen molar-refractivity contribution in [3.05, 3.63) is 35.9 Å². The minimum absolute atomic E-state index is 0.519. The zero-order valence-corrected chi connectivity index (χ0v) is 10.9. The Bertz CT molecular complexity index is 391. The number of aliphatic carboxylic acids is 1. The Morgan fingerprint density at radius 2 is 2.00 bits per heavy atom. The highest BCUT2D eigenvalue weighted by molar-refractivity contribution is 5.73. The molecule has 1 aromatic carbocycles. The third-order valence-corrected chi connectivity index (χ3v) is 3.24. The average Bonchev–Trinajstić information content (AvgIpc) is 2.45. The van der Waals surface area contributed by atoms with Crippen molar-refractivity contribution in [3.8, 4) is 0 Å². The number of rotatable bonds is 6. The maximum absolute atomic E-state index is 11.3. The predicted octanol–water partition coefficient (Wildman–Crippen LogP) is 0.562. The highest BCUT2D eigenvalue weighted by Gasteiger charge is 2.21. The summed E-state index contributed by atoms with van der Waals surface area (Å²) in [7, 11) is 0. The van der Waals surface area contributed by atoms with Crippen LogP contribution in [-0.2, 0) is 16.1 Å². The molecule has 0 amide bonds. The molecule has 2 rings (SSSR count). The molecule has 19 heavy (non-hydrogen) atoms. The van der Waals surface area contributed by atoms with E-state index in [0.717, 1.165) is 18.7 Å². The van der Waals surface area contributed by atoms with E-state index in [4.69, 9.17) is 4.74 Å². The van der Waals surface area contributed by atoms with Gasteiger partial charge in [0.05, 0.1) is 13.2 Å². The van der Waals surface area contributed by atoms with E-state index in [2.05, 4.69) is 10.2 Å². The molecular formula is C14H20N2O3. The van der Waals surface area contributed by atoms with Gasteiger partial charge in [-0.15, -0.1) is 0 Å². The maximum Gasteiger partial charge on any atom is 0.322 e. The Kier molecular flexibility index (Phi) is 5.32. The van der Waals surface area contributed by atoms with E-state index in [0.29, 0.717) is 26.3 Å². The number of carboxylic acids is 1. The lowest BCUT2D eigenvalue weighted by Gasteiger charge is -2.29. The van der Waals surface area contributed by atoms with Crippen molar-refractivity contribution in [1.29, 1.82) is 0 Å². The second-order valence-electron chi connectivity index (χ2n) is 4.67. The van der Waals surface area contributed by atoms with Crippen molar-refractivity contribution in [2.24, 2.45) is 0 Å². The minimum Gasteiger partial charge on any atom is -0.480 e. The lowest BCUT2D eigenvalue weighted by molar-refractivity contribution is -0.140. The Morgan fingerprint density at radius 1 is 1.32 bits per heavy atom. The van der Waals surface area contributed by atoms with Crippen LogP contribution in [0.25, 0.3) is 0 Å². The molecule has 0 aliphatic carbocycles. The highest BCUT2D eigenvalue weighted by Crippen LogP contribution is 2.02. The molecule has 1 aromatic rings. The van der Waals surface area contributed by atoms with Crippen molar-refractivity contribution in [1.82, 2.24) is 10.2 Å². The van der Waals surface area contributed by atoms with Crippen LogP contribution in [0.2, 0.25) is 0 Å². The molecule has 0 aromatic heterocycles. The molecule has 1 fully saturated rings. The summed E-state index contributed by atoms with van der Waals surface area (Å²) in [4.78, 5) is 13.4. The van der Waals surface area contributed by atoms with E-state index < -0.39 is 12.0 Å². The molecule has 1 aliphatic heterocycles. The Hall–Kier alpha value is -1.43. The summed E-state index contributed by atoms with van der Waals surface area (Å²) in [6.45, 7) is 4.07. The molecule has 1 saturated heterocycles. The van der Waals surface area contributed by atoms with Crippen LogP contribution in [0.3, 0.4) is 0 Å². The summed E-state index contributed by atoms with van der Waals surface area (Å²) >= 11 is 0. The number of carbonyl (C=O) groups is 1. The maximum atomic E-state index is 11.3. The number of nitrogens with zero attached hydrogens (tertiary/aromatic N) is 1. The monoisotopic (exact) mass is 264 g/mol. The summed E-state index contributed by atoms with van der Waals surface area (Å²) in [6.07, 6.45) is 0. The molecule has 5 heteroatoms. The molecule has 0 saturated carbocycles. The van der Waals surface area contributed by atoms with Gasteiger partial charge in [-0.25, -0.2) is 0 Å². The van der Waals surface area contributed by atoms with Crippen molar-refractivity contribution in [2.45, 2.75) is 12.6 Å². The largest absolute Gasteiger partial charge is 0.480 e. The van der Waals surface area contributed by atoms with E-state index in [-0.39, 0.29) is 0 Å². The number of benzene rings is 1. The Labute approximate surface area is 113 Å². The average molecular weight is 264 g/mol. The van der Waals surface area contributed by atoms with Crippen LogP contribution in [-0.4, -0.2) is 54.9 Å². The number of hydrogen-bond acceptors (Lipinski definition) is 4. The van der Waals surface area contributed by atoms with E-state index in [1.807, 2.05) is 30.3 Å². The first-order valence-electron chi connectivity index (χ1n) is 6.56. The van der Waals surface area contributed by atoms with Gasteiger partial charge in [0.25, 0.3) is 0 Å². The quantitative estimate of drug-likeness (QED) is 0.786. The van der Waals surface area contributed by atoms with Crippen LogP contribution in [0.4, 0.5) is 0 Å². The first-order chi connectivity index (χ1) is 9.25. The molecule has 0 bridgehead atoms. The number of ether oxygens (including phenoxy) is 1. The standard InChI is InChI=1S/C14H20N2O3/c17-14(18)13(11-16-6-8-19-9-7-16)15-10-12-4-2-1-3-5-12/h1-5,13,15H,6-11H2,(H,17,18). The van der Waals surface area contributed by atoms with Gasteiger partial charge >= 0.3 is 5.97 Å². The van der Waals surface area contributed by atoms with Crippen LogP contribution in [0, 0.1) is 0 Å². The fourth-order valence-electron chi connectivity index (χ4n) is 2.11. The summed E-state index contributed by atoms with van der Waals surface area (Å²) in [5, 5.41) is 12.4. The van der Waals surface area contributed by atoms with Crippen LogP contribution >= 0.6 is 0 Å². The third kappa shape index (κ3) is 4.63. The van der Waals surface area contributed by atoms with Gasteiger partial charge in [-0.05, 0) is 5.56 Å². The summed E-state index contributed by atoms with van der Waals surface area (Å²) in [5.41, 5.74) is 1.09. The molecular weight excluding hydrogens is 244 g/mol. The predicted molar refractivity (Wildman–Crippen MR) is 72.0 cm³/mol. The van der Waals surface area contributed by atoms with Crippen LogP contribution in [0.5, 0.6) is 0 Å². The second-order valence-corrected chi connectivity index (χ2v) is 4.67. The highest BCUT2D eigenvalue weighted by atomic mass is 16.5. The smallest absolute Gasteiger partial charge is 0.322 e. The van der Waals surface area contributed by atoms with Gasteiger partial charge in [-0.3, -0.25) is 15.0 Å². The van der Waals surface area contributed by atoms with Crippen molar-refractivity contribution >= 4 is 5.97 Å². The summed E-state index contributed by atoms with van der Waals surface area (Å²) in [6, 6.07) is 9.29. The van der Waals surface area contributed by atoms with Gasteiger partial charge in [0.2, 0.25) is 0 Å². The molecule has 1 unspecified atom stereocenters. The van der Waals surface area contributed by atoms with Gasteiger partial charge in [0.1, 0.15) is 6.04 Å². The molecule has 1 aliphatic rings. The van der Waals surface area contributed by atoms with Gasteiger partial charge in [-0.2, -0.15) is 0 Å². The van der Waals surface area contributed by atoms with Crippen molar-refractivity contribution in [2.75, 3.05) is 32.8 Å². The number of morpholine rings is 1. The van der Waals surface area contributed by atoms with Gasteiger partial charge in [0.15, 0.2) is 0 Å². The van der Waals surface area contributed by atoms with E-state index in [9.17, 15) is 9.90 Å². The fraction of sp³-hybridized carbons (Fsp3) is 0.500. The van der Waals surface area contributed by atoms with Crippen LogP contribution in [0.15, 0.2) is 30.3 Å². The fourth-order valence-corrected chi connectivity index (χ4v) is 2.11. The van der Waals surface area contributed by atoms with Gasteiger partial charge < -0.3 is 9.84 Å². The lowest BCUT2D eigenvalue weighted by Crippen LogP contribution is -2.49. The molecule has 1 atom stereocenters. The summed E-state index contributed by atoms with van der Waals surface area (Å²) in [5.74, 6) is -0.803. The van der Waals surface area contributed by atoms with Crippen LogP contribution in [0.1, 0.15) is 5.56 Å². The second kappa shape index (κ2) is 7.23. The molecule has 2 N–H and O–H groups in total. The zero-order chi connectivity index (χ0) is 13.5. The van der Waals surface area contributed by atoms with Crippen LogP contribution < -0.4 is 5.32 Å². The molecule has 0 spiro atoms. The summed E-state index contributed by atoms with van der Waals surface area (Å²) < 4.78 is 5.26. The zero-order valence-electron chi connectivity index (χ0n) is 10.9. The van der Waals surface area contributed by atoms with Gasteiger partial charge in [0, 0.05) is 26.2 Å². The molecule has 1 heterocycles. The van der Waals surface area contributed by atoms with Crippen molar-refractivity contribution < 1.29 is 14.6 Å².